The molecule has 3 rings (SSSR count). The Morgan fingerprint density at radius 2 is 2.04 bits per heavy atom. The van der Waals surface area contributed by atoms with Crippen LogP contribution in [0.25, 0.3) is 0 Å². The minimum atomic E-state index is -4.15. The Bertz CT molecular complexity index is 838. The fraction of sp³-hybridized carbons (Fsp3) is 0.588. The van der Waals surface area contributed by atoms with Crippen LogP contribution in [0.5, 0.6) is 0 Å². The van der Waals surface area contributed by atoms with Crippen molar-refractivity contribution in [2.45, 2.75) is 62.4 Å². The number of non-ortho nitro benzene ring substituents is 1. The Labute approximate surface area is 152 Å². The predicted octanol–water partition coefficient (Wildman–Crippen LogP) is 2.56. The number of hydrogen-bond donors (Lipinski definition) is 1. The van der Waals surface area contributed by atoms with Crippen molar-refractivity contribution < 1.29 is 23.2 Å². The Morgan fingerprint density at radius 3 is 2.65 bits per heavy atom. The second-order valence-electron chi connectivity index (χ2n) is 6.94. The van der Waals surface area contributed by atoms with Gasteiger partial charge in [-0.15, -0.1) is 0 Å². The van der Waals surface area contributed by atoms with Gasteiger partial charge in [-0.3, -0.25) is 14.9 Å². The molecule has 142 valence electrons. The van der Waals surface area contributed by atoms with Gasteiger partial charge in [-0.05, 0) is 37.2 Å². The number of nitro groups is 1. The fourth-order valence-electron chi connectivity index (χ4n) is 4.28. The summed E-state index contributed by atoms with van der Waals surface area (Å²) in [6.45, 7) is 1.77. The van der Waals surface area contributed by atoms with Crippen molar-refractivity contribution >= 4 is 21.7 Å². The molecule has 0 spiro atoms. The Hall–Kier alpha value is -2.00. The van der Waals surface area contributed by atoms with Crippen LogP contribution in [0.3, 0.4) is 0 Å². The lowest BCUT2D eigenvalue weighted by atomic mass is 9.85. The molecule has 1 aromatic carbocycles. The third-order valence-electron chi connectivity index (χ3n) is 5.51. The molecule has 1 aliphatic heterocycles. The van der Waals surface area contributed by atoms with E-state index in [1.807, 2.05) is 0 Å². The zero-order chi connectivity index (χ0) is 19.1. The van der Waals surface area contributed by atoms with E-state index in [1.165, 1.54) is 12.1 Å². The number of carboxylic acid groups (broad SMARTS) is 1. The van der Waals surface area contributed by atoms with E-state index >= 15 is 0 Å². The molecule has 26 heavy (non-hydrogen) atoms. The second kappa shape index (κ2) is 6.96. The SMILES string of the molecule is CCc1ccc([N+](=O)[O-])cc1S(=O)(=O)N1C(C(=O)O)CC2CCCCC21. The minimum Gasteiger partial charge on any atom is -0.480 e. The number of nitro benzene ring substituents is 1. The molecular formula is C17H22N2O6S. The molecule has 2 fully saturated rings. The van der Waals surface area contributed by atoms with E-state index in [-0.39, 0.29) is 22.5 Å². The molecule has 9 heteroatoms. The topological polar surface area (TPSA) is 118 Å². The van der Waals surface area contributed by atoms with Gasteiger partial charge in [0.05, 0.1) is 9.82 Å². The molecule has 8 nitrogen and oxygen atoms in total. The number of sulfonamides is 1. The highest BCUT2D eigenvalue weighted by atomic mass is 32.2. The highest BCUT2D eigenvalue weighted by Crippen LogP contribution is 2.43. The summed E-state index contributed by atoms with van der Waals surface area (Å²) in [5.41, 5.74) is 0.144. The number of rotatable bonds is 5. The van der Waals surface area contributed by atoms with Gasteiger partial charge in [0, 0.05) is 18.2 Å². The summed E-state index contributed by atoms with van der Waals surface area (Å²) in [6.07, 6.45) is 3.95. The van der Waals surface area contributed by atoms with E-state index in [9.17, 15) is 28.4 Å². The molecule has 3 atom stereocenters. The lowest BCUT2D eigenvalue weighted by Crippen LogP contribution is -2.46. The van der Waals surface area contributed by atoms with Crippen molar-refractivity contribution in [3.8, 4) is 0 Å². The molecule has 0 amide bonds. The molecule has 2 aliphatic rings. The van der Waals surface area contributed by atoms with E-state index in [0.717, 1.165) is 29.6 Å². The lowest BCUT2D eigenvalue weighted by molar-refractivity contribution is -0.385. The van der Waals surface area contributed by atoms with Gasteiger partial charge in [0.15, 0.2) is 0 Å². The normalized spacial score (nSPS) is 26.4. The van der Waals surface area contributed by atoms with Gasteiger partial charge in [-0.2, -0.15) is 4.31 Å². The summed E-state index contributed by atoms with van der Waals surface area (Å²) >= 11 is 0. The van der Waals surface area contributed by atoms with Crippen LogP contribution in [-0.2, 0) is 21.2 Å². The number of hydrogen-bond acceptors (Lipinski definition) is 5. The number of carbonyl (C=O) groups is 1. The van der Waals surface area contributed by atoms with Crippen LogP contribution in [-0.4, -0.2) is 40.8 Å². The molecule has 0 aromatic heterocycles. The summed E-state index contributed by atoms with van der Waals surface area (Å²) in [6, 6.07) is 2.31. The highest BCUT2D eigenvalue weighted by Gasteiger charge is 2.51. The molecule has 0 bridgehead atoms. The summed E-state index contributed by atoms with van der Waals surface area (Å²) < 4.78 is 27.9. The highest BCUT2D eigenvalue weighted by molar-refractivity contribution is 7.89. The zero-order valence-corrected chi connectivity index (χ0v) is 15.3. The van der Waals surface area contributed by atoms with Gasteiger partial charge < -0.3 is 5.11 Å². The van der Waals surface area contributed by atoms with Gasteiger partial charge >= 0.3 is 5.97 Å². The lowest BCUT2D eigenvalue weighted by Gasteiger charge is -2.32. The van der Waals surface area contributed by atoms with E-state index in [0.29, 0.717) is 24.8 Å². The molecule has 1 aromatic rings. The molecule has 3 unspecified atom stereocenters. The van der Waals surface area contributed by atoms with E-state index in [2.05, 4.69) is 0 Å². The Balaban J connectivity index is 2.12. The van der Waals surface area contributed by atoms with Crippen LogP contribution in [0.2, 0.25) is 0 Å². The molecular weight excluding hydrogens is 360 g/mol. The molecule has 1 N–H and O–H groups in total. The van der Waals surface area contributed by atoms with Crippen LogP contribution in [0, 0.1) is 16.0 Å². The first-order valence-electron chi connectivity index (χ1n) is 8.81. The third kappa shape index (κ3) is 3.09. The van der Waals surface area contributed by atoms with Crippen molar-refractivity contribution in [3.05, 3.63) is 33.9 Å². The third-order valence-corrected chi connectivity index (χ3v) is 7.53. The quantitative estimate of drug-likeness (QED) is 0.618. The number of nitrogens with zero attached hydrogens (tertiary/aromatic N) is 2. The summed E-state index contributed by atoms with van der Waals surface area (Å²) in [5, 5.41) is 20.7. The first-order chi connectivity index (χ1) is 12.3. The first-order valence-corrected chi connectivity index (χ1v) is 10.2. The van der Waals surface area contributed by atoms with Crippen molar-refractivity contribution in [1.29, 1.82) is 0 Å². The average molecular weight is 382 g/mol. The van der Waals surface area contributed by atoms with Gasteiger partial charge in [0.1, 0.15) is 6.04 Å². The average Bonchev–Trinajstić information content (AvgIpc) is 3.01. The monoisotopic (exact) mass is 382 g/mol. The Kier molecular flexibility index (Phi) is 5.03. The van der Waals surface area contributed by atoms with E-state index in [4.69, 9.17) is 0 Å². The Morgan fingerprint density at radius 1 is 1.35 bits per heavy atom. The molecule has 1 saturated heterocycles. The number of aryl methyl sites for hydroxylation is 1. The number of benzene rings is 1. The smallest absolute Gasteiger partial charge is 0.322 e. The number of carboxylic acids is 1. The van der Waals surface area contributed by atoms with Crippen molar-refractivity contribution in [2.75, 3.05) is 0 Å². The summed E-state index contributed by atoms with van der Waals surface area (Å²) in [4.78, 5) is 22.1. The summed E-state index contributed by atoms with van der Waals surface area (Å²) in [7, 11) is -4.15. The number of fused-ring (bicyclic) bond motifs is 1. The minimum absolute atomic E-state index is 0.0309. The van der Waals surface area contributed by atoms with Gasteiger partial charge in [0.2, 0.25) is 10.0 Å². The maximum atomic E-state index is 13.4. The van der Waals surface area contributed by atoms with Gasteiger partial charge in [0.25, 0.3) is 5.69 Å². The van der Waals surface area contributed by atoms with E-state index in [1.54, 1.807) is 6.92 Å². The van der Waals surface area contributed by atoms with Crippen LogP contribution >= 0.6 is 0 Å². The maximum Gasteiger partial charge on any atom is 0.322 e. The van der Waals surface area contributed by atoms with Crippen LogP contribution in [0.15, 0.2) is 23.1 Å². The van der Waals surface area contributed by atoms with Crippen molar-refractivity contribution in [2.24, 2.45) is 5.92 Å². The van der Waals surface area contributed by atoms with Crippen molar-refractivity contribution in [1.82, 2.24) is 4.31 Å². The number of aliphatic carboxylic acids is 1. The van der Waals surface area contributed by atoms with Crippen LogP contribution in [0.1, 0.15) is 44.6 Å². The van der Waals surface area contributed by atoms with Gasteiger partial charge in [-0.25, -0.2) is 8.42 Å². The maximum absolute atomic E-state index is 13.4. The van der Waals surface area contributed by atoms with Gasteiger partial charge in [-0.1, -0.05) is 25.8 Å². The fourth-order valence-corrected chi connectivity index (χ4v) is 6.46. The standard InChI is InChI=1S/C17H22N2O6S/c1-2-11-7-8-13(19(22)23)10-16(11)26(24,25)18-14-6-4-3-5-12(14)9-15(18)17(20)21/h7-8,10,12,14-15H,2-6,9H2,1H3,(H,20,21). The van der Waals surface area contributed by atoms with Crippen LogP contribution < -0.4 is 0 Å². The first kappa shape index (κ1) is 18.8. The van der Waals surface area contributed by atoms with E-state index < -0.39 is 27.0 Å². The molecule has 1 aliphatic carbocycles. The van der Waals surface area contributed by atoms with Crippen LogP contribution in [0.4, 0.5) is 5.69 Å². The molecule has 1 saturated carbocycles. The predicted molar refractivity (Wildman–Crippen MR) is 93.3 cm³/mol. The molecule has 0 radical (unpaired) electrons. The summed E-state index contributed by atoms with van der Waals surface area (Å²) in [5.74, 6) is -1.13. The second-order valence-corrected chi connectivity index (χ2v) is 8.75. The molecule has 1 heterocycles. The zero-order valence-electron chi connectivity index (χ0n) is 14.5. The largest absolute Gasteiger partial charge is 0.480 e. The van der Waals surface area contributed by atoms with Crippen molar-refractivity contribution in [3.63, 3.8) is 0 Å².